The molecule has 0 spiro atoms. The first-order chi connectivity index (χ1) is 7.49. The van der Waals surface area contributed by atoms with Gasteiger partial charge >= 0.3 is 0 Å². The van der Waals surface area contributed by atoms with E-state index in [9.17, 15) is 9.59 Å². The summed E-state index contributed by atoms with van der Waals surface area (Å²) in [4.78, 5) is 22.2. The van der Waals surface area contributed by atoms with Crippen LogP contribution in [0.15, 0.2) is 22.7 Å². The number of amides is 1. The predicted molar refractivity (Wildman–Crippen MR) is 67.4 cm³/mol. The molecular formula is C12H14BrNO2. The molecule has 1 N–H and O–H groups in total. The van der Waals surface area contributed by atoms with Crippen LogP contribution in [-0.4, -0.2) is 11.7 Å². The number of benzene rings is 1. The van der Waals surface area contributed by atoms with Gasteiger partial charge in [0.2, 0.25) is 5.91 Å². The van der Waals surface area contributed by atoms with Crippen molar-refractivity contribution in [3.05, 3.63) is 28.2 Å². The second-order valence-electron chi connectivity index (χ2n) is 3.73. The van der Waals surface area contributed by atoms with Gasteiger partial charge in [-0.05, 0) is 47.5 Å². The van der Waals surface area contributed by atoms with Gasteiger partial charge in [0, 0.05) is 17.3 Å². The van der Waals surface area contributed by atoms with Gasteiger partial charge in [0.05, 0.1) is 5.69 Å². The average Bonchev–Trinajstić information content (AvgIpc) is 2.19. The molecule has 0 radical (unpaired) electrons. The monoisotopic (exact) mass is 283 g/mol. The summed E-state index contributed by atoms with van der Waals surface area (Å²) in [6.07, 6.45) is 0.519. The zero-order valence-corrected chi connectivity index (χ0v) is 10.9. The van der Waals surface area contributed by atoms with E-state index in [-0.39, 0.29) is 24.5 Å². The van der Waals surface area contributed by atoms with E-state index in [1.54, 1.807) is 0 Å². The van der Waals surface area contributed by atoms with Gasteiger partial charge in [-0.15, -0.1) is 0 Å². The Morgan fingerprint density at radius 1 is 1.31 bits per heavy atom. The largest absolute Gasteiger partial charge is 0.325 e. The summed E-state index contributed by atoms with van der Waals surface area (Å²) in [5.74, 6) is -0.113. The van der Waals surface area contributed by atoms with Gasteiger partial charge < -0.3 is 10.1 Å². The van der Waals surface area contributed by atoms with Gasteiger partial charge in [0.25, 0.3) is 0 Å². The van der Waals surface area contributed by atoms with Crippen LogP contribution >= 0.6 is 15.9 Å². The Labute approximate surface area is 103 Å². The molecule has 1 aromatic rings. The number of hydrogen-bond acceptors (Lipinski definition) is 2. The maximum atomic E-state index is 11.5. The molecule has 0 bridgehead atoms. The summed E-state index contributed by atoms with van der Waals surface area (Å²) < 4.78 is 0.851. The van der Waals surface area contributed by atoms with Crippen LogP contribution in [0.1, 0.15) is 25.3 Å². The van der Waals surface area contributed by atoms with Crippen molar-refractivity contribution in [3.63, 3.8) is 0 Å². The molecule has 0 aliphatic carbocycles. The lowest BCUT2D eigenvalue weighted by atomic mass is 10.2. The molecule has 0 aromatic heterocycles. The van der Waals surface area contributed by atoms with Crippen LogP contribution < -0.4 is 5.32 Å². The molecule has 0 aliphatic rings. The number of Topliss-reactive ketones (excluding diaryl/α,β-unsaturated/α-hetero) is 1. The summed E-state index contributed by atoms with van der Waals surface area (Å²) in [5, 5.41) is 2.75. The Morgan fingerprint density at radius 3 is 2.56 bits per heavy atom. The molecule has 0 atom stereocenters. The zero-order valence-electron chi connectivity index (χ0n) is 9.34. The first-order valence-electron chi connectivity index (χ1n) is 5.04. The van der Waals surface area contributed by atoms with Crippen LogP contribution in [0.5, 0.6) is 0 Å². The molecular weight excluding hydrogens is 270 g/mol. The predicted octanol–water partition coefficient (Wildman–Crippen LogP) is 3.07. The van der Waals surface area contributed by atoms with Gasteiger partial charge in [0.15, 0.2) is 0 Å². The quantitative estimate of drug-likeness (QED) is 0.923. The number of halogens is 1. The Kier molecular flexibility index (Phi) is 4.68. The highest BCUT2D eigenvalue weighted by molar-refractivity contribution is 9.10. The number of aryl methyl sites for hydroxylation is 1. The number of carbonyl (C=O) groups excluding carboxylic acids is 2. The van der Waals surface area contributed by atoms with E-state index >= 15 is 0 Å². The second-order valence-corrected chi connectivity index (χ2v) is 4.59. The Bertz CT molecular complexity index is 415. The fourth-order valence-corrected chi connectivity index (χ4v) is 1.82. The number of nitrogens with one attached hydrogen (secondary N) is 1. The third-order valence-electron chi connectivity index (χ3n) is 2.10. The SMILES string of the molecule is CC(=O)CCC(=O)Nc1ccc(C)cc1Br. The first kappa shape index (κ1) is 12.9. The molecule has 0 saturated carbocycles. The minimum atomic E-state index is -0.139. The van der Waals surface area contributed by atoms with Gasteiger partial charge in [-0.3, -0.25) is 4.79 Å². The number of carbonyl (C=O) groups is 2. The van der Waals surface area contributed by atoms with Crippen LogP contribution in [0.25, 0.3) is 0 Å². The smallest absolute Gasteiger partial charge is 0.224 e. The molecule has 0 aliphatic heterocycles. The van der Waals surface area contributed by atoms with E-state index in [0.717, 1.165) is 15.7 Å². The highest BCUT2D eigenvalue weighted by Crippen LogP contribution is 2.23. The molecule has 0 heterocycles. The molecule has 4 heteroatoms. The van der Waals surface area contributed by atoms with Crippen LogP contribution in [0.4, 0.5) is 5.69 Å². The van der Waals surface area contributed by atoms with Crippen molar-refractivity contribution in [3.8, 4) is 0 Å². The van der Waals surface area contributed by atoms with E-state index < -0.39 is 0 Å². The van der Waals surface area contributed by atoms with Crippen molar-refractivity contribution in [2.45, 2.75) is 26.7 Å². The second kappa shape index (κ2) is 5.80. The number of anilines is 1. The van der Waals surface area contributed by atoms with Crippen LogP contribution in [-0.2, 0) is 9.59 Å². The van der Waals surface area contributed by atoms with Crippen molar-refractivity contribution < 1.29 is 9.59 Å². The lowest BCUT2D eigenvalue weighted by molar-refractivity contribution is -0.121. The first-order valence-corrected chi connectivity index (χ1v) is 5.84. The van der Waals surface area contributed by atoms with Crippen LogP contribution in [0.3, 0.4) is 0 Å². The van der Waals surface area contributed by atoms with E-state index in [1.165, 1.54) is 6.92 Å². The summed E-state index contributed by atoms with van der Waals surface area (Å²) in [6.45, 7) is 3.46. The van der Waals surface area contributed by atoms with Gasteiger partial charge in [-0.25, -0.2) is 0 Å². The van der Waals surface area contributed by atoms with Gasteiger partial charge in [-0.2, -0.15) is 0 Å². The number of ketones is 1. The van der Waals surface area contributed by atoms with E-state index in [4.69, 9.17) is 0 Å². The van der Waals surface area contributed by atoms with E-state index in [1.807, 2.05) is 25.1 Å². The molecule has 3 nitrogen and oxygen atoms in total. The Balaban J connectivity index is 2.59. The molecule has 0 saturated heterocycles. The minimum absolute atomic E-state index is 0.0260. The lowest BCUT2D eigenvalue weighted by Crippen LogP contribution is -2.12. The summed E-state index contributed by atoms with van der Waals surface area (Å²) in [5.41, 5.74) is 1.85. The molecule has 16 heavy (non-hydrogen) atoms. The Hall–Kier alpha value is -1.16. The summed E-state index contributed by atoms with van der Waals surface area (Å²) in [6, 6.07) is 5.69. The highest BCUT2D eigenvalue weighted by Gasteiger charge is 2.06. The zero-order chi connectivity index (χ0) is 12.1. The molecule has 1 aromatic carbocycles. The van der Waals surface area contributed by atoms with Gasteiger partial charge in [0.1, 0.15) is 5.78 Å². The van der Waals surface area contributed by atoms with Crippen LogP contribution in [0, 0.1) is 6.92 Å². The van der Waals surface area contributed by atoms with Crippen molar-refractivity contribution >= 4 is 33.3 Å². The number of rotatable bonds is 4. The van der Waals surface area contributed by atoms with Crippen molar-refractivity contribution in [1.82, 2.24) is 0 Å². The van der Waals surface area contributed by atoms with Gasteiger partial charge in [-0.1, -0.05) is 6.07 Å². The fourth-order valence-electron chi connectivity index (χ4n) is 1.22. The number of hydrogen-bond donors (Lipinski definition) is 1. The molecule has 86 valence electrons. The molecule has 0 unspecified atom stereocenters. The average molecular weight is 284 g/mol. The standard InChI is InChI=1S/C12H14BrNO2/c1-8-3-5-11(10(13)7-8)14-12(16)6-4-9(2)15/h3,5,7H,4,6H2,1-2H3,(H,14,16). The summed E-state index contributed by atoms with van der Waals surface area (Å²) in [7, 11) is 0. The van der Waals surface area contributed by atoms with Crippen molar-refractivity contribution in [2.24, 2.45) is 0 Å². The maximum absolute atomic E-state index is 11.5. The maximum Gasteiger partial charge on any atom is 0.224 e. The molecule has 1 amide bonds. The topological polar surface area (TPSA) is 46.2 Å². The van der Waals surface area contributed by atoms with Crippen molar-refractivity contribution in [2.75, 3.05) is 5.32 Å². The van der Waals surface area contributed by atoms with Crippen LogP contribution in [0.2, 0.25) is 0 Å². The molecule has 1 rings (SSSR count). The minimum Gasteiger partial charge on any atom is -0.325 e. The third-order valence-corrected chi connectivity index (χ3v) is 2.76. The summed E-state index contributed by atoms with van der Waals surface area (Å²) >= 11 is 3.37. The third kappa shape index (κ3) is 4.14. The van der Waals surface area contributed by atoms with E-state index in [0.29, 0.717) is 0 Å². The fraction of sp³-hybridized carbons (Fsp3) is 0.333. The normalized spacial score (nSPS) is 9.94. The Morgan fingerprint density at radius 2 is 2.00 bits per heavy atom. The lowest BCUT2D eigenvalue weighted by Gasteiger charge is -2.07. The van der Waals surface area contributed by atoms with E-state index in [2.05, 4.69) is 21.2 Å². The van der Waals surface area contributed by atoms with Crippen molar-refractivity contribution in [1.29, 1.82) is 0 Å². The molecule has 0 fully saturated rings. The highest BCUT2D eigenvalue weighted by atomic mass is 79.9.